The quantitative estimate of drug-likeness (QED) is 0.707. The maximum atomic E-state index is 12.6. The maximum Gasteiger partial charge on any atom is 0.349 e. The van der Waals surface area contributed by atoms with Gasteiger partial charge >= 0.3 is 5.69 Å². The highest BCUT2D eigenvalue weighted by Gasteiger charge is 2.39. The van der Waals surface area contributed by atoms with Crippen molar-refractivity contribution < 1.29 is 4.74 Å². The lowest BCUT2D eigenvalue weighted by Crippen LogP contribution is -2.55. The zero-order valence-electron chi connectivity index (χ0n) is 11.0. The fraction of sp³-hybridized carbons (Fsp3) is 0.583. The first-order valence-electron chi connectivity index (χ1n) is 6.63. The van der Waals surface area contributed by atoms with Gasteiger partial charge in [0.05, 0.1) is 31.5 Å². The Morgan fingerprint density at radius 3 is 2.75 bits per heavy atom. The van der Waals surface area contributed by atoms with Crippen molar-refractivity contribution in [3.8, 4) is 0 Å². The van der Waals surface area contributed by atoms with Crippen molar-refractivity contribution in [2.24, 2.45) is 7.05 Å². The molecule has 2 bridgehead atoms. The Balaban J connectivity index is 1.98. The number of rotatable bonds is 1. The Labute approximate surface area is 119 Å². The van der Waals surface area contributed by atoms with Crippen molar-refractivity contribution in [1.82, 2.24) is 19.2 Å². The topological polar surface area (TPSA) is 65.2 Å². The highest BCUT2D eigenvalue weighted by atomic mass is 35.5. The van der Waals surface area contributed by atoms with Crippen LogP contribution in [0.4, 0.5) is 0 Å². The van der Waals surface area contributed by atoms with E-state index in [-0.39, 0.29) is 23.1 Å². The molecule has 2 fully saturated rings. The molecule has 20 heavy (non-hydrogen) atoms. The number of aromatic nitrogens is 4. The lowest BCUT2D eigenvalue weighted by molar-refractivity contribution is 0.0761. The van der Waals surface area contributed by atoms with Crippen LogP contribution in [0, 0.1) is 0 Å². The maximum absolute atomic E-state index is 12.6. The van der Waals surface area contributed by atoms with E-state index in [4.69, 9.17) is 16.3 Å². The minimum Gasteiger partial charge on any atom is -0.377 e. The van der Waals surface area contributed by atoms with Gasteiger partial charge in [0.1, 0.15) is 5.52 Å². The molecule has 0 spiro atoms. The molecule has 2 atom stereocenters. The third kappa shape index (κ3) is 1.53. The molecule has 2 aromatic rings. The zero-order valence-corrected chi connectivity index (χ0v) is 11.7. The Hall–Kier alpha value is -1.60. The van der Waals surface area contributed by atoms with Gasteiger partial charge in [-0.1, -0.05) is 0 Å². The molecule has 106 valence electrons. The predicted octanol–water partition coefficient (Wildman–Crippen LogP) is 0.283. The molecule has 2 aliphatic rings. The minimum absolute atomic E-state index is 0.115. The third-order valence-electron chi connectivity index (χ3n) is 4.18. The van der Waals surface area contributed by atoms with Gasteiger partial charge in [-0.05, 0) is 24.4 Å². The number of hydrogen-bond donors (Lipinski definition) is 0. The number of halogens is 1. The Morgan fingerprint density at radius 1 is 1.35 bits per heavy atom. The average molecular weight is 296 g/mol. The van der Waals surface area contributed by atoms with Crippen molar-refractivity contribution in [3.05, 3.63) is 22.0 Å². The molecule has 2 unspecified atom stereocenters. The summed E-state index contributed by atoms with van der Waals surface area (Å²) in [5, 5.41) is 2.26. The first-order valence-corrected chi connectivity index (χ1v) is 7.01. The molecule has 0 aliphatic carbocycles. The first kappa shape index (κ1) is 12.2. The summed E-state index contributed by atoms with van der Waals surface area (Å²) in [5.74, 6) is 0. The smallest absolute Gasteiger partial charge is 0.349 e. The lowest BCUT2D eigenvalue weighted by atomic mass is 10.2. The molecular weight excluding hydrogens is 282 g/mol. The van der Waals surface area contributed by atoms with Crippen LogP contribution in [0.3, 0.4) is 0 Å². The van der Waals surface area contributed by atoms with Crippen LogP contribution in [0.25, 0.3) is 11.2 Å². The summed E-state index contributed by atoms with van der Waals surface area (Å²) in [5.41, 5.74) is 1.14. The summed E-state index contributed by atoms with van der Waals surface area (Å²) in [6, 6.07) is 0.455. The molecule has 2 aromatic heterocycles. The largest absolute Gasteiger partial charge is 0.377 e. The van der Waals surface area contributed by atoms with Gasteiger partial charge in [-0.2, -0.15) is 9.66 Å². The molecule has 0 amide bonds. The molecule has 7 nitrogen and oxygen atoms in total. The monoisotopic (exact) mass is 295 g/mol. The standard InChI is InChI=1S/C12H14ClN5O2/c1-16-9-4-14-11(13)15-10(9)18(12(16)19)17-7-2-3-8(17)6-20-5-7/h4,7-8H,2-3,5-6H2,1H3. The van der Waals surface area contributed by atoms with Crippen LogP contribution >= 0.6 is 11.6 Å². The van der Waals surface area contributed by atoms with E-state index in [0.29, 0.717) is 24.4 Å². The van der Waals surface area contributed by atoms with Crippen LogP contribution in [0.5, 0.6) is 0 Å². The van der Waals surface area contributed by atoms with Gasteiger partial charge in [-0.25, -0.2) is 9.78 Å². The molecular formula is C12H14ClN5O2. The number of hydrogen-bond acceptors (Lipinski definition) is 5. The fourth-order valence-electron chi connectivity index (χ4n) is 3.22. The lowest BCUT2D eigenvalue weighted by Gasteiger charge is -2.36. The summed E-state index contributed by atoms with van der Waals surface area (Å²) in [7, 11) is 1.72. The highest BCUT2D eigenvalue weighted by Crippen LogP contribution is 2.28. The predicted molar refractivity (Wildman–Crippen MR) is 73.6 cm³/mol. The summed E-state index contributed by atoms with van der Waals surface area (Å²) < 4.78 is 8.77. The number of aryl methyl sites for hydroxylation is 1. The van der Waals surface area contributed by atoms with E-state index in [1.54, 1.807) is 22.5 Å². The highest BCUT2D eigenvalue weighted by molar-refractivity contribution is 6.28. The zero-order chi connectivity index (χ0) is 13.9. The second-order valence-corrected chi connectivity index (χ2v) is 5.64. The minimum atomic E-state index is -0.115. The van der Waals surface area contributed by atoms with Crippen molar-refractivity contribution in [2.75, 3.05) is 18.2 Å². The third-order valence-corrected chi connectivity index (χ3v) is 4.37. The van der Waals surface area contributed by atoms with E-state index in [1.807, 2.05) is 0 Å². The number of nitrogens with zero attached hydrogens (tertiary/aromatic N) is 5. The van der Waals surface area contributed by atoms with Gasteiger partial charge in [0.15, 0.2) is 5.65 Å². The van der Waals surface area contributed by atoms with E-state index >= 15 is 0 Å². The second-order valence-electron chi connectivity index (χ2n) is 5.30. The molecule has 0 radical (unpaired) electrons. The fourth-order valence-corrected chi connectivity index (χ4v) is 3.34. The molecule has 8 heteroatoms. The van der Waals surface area contributed by atoms with Crippen molar-refractivity contribution in [3.63, 3.8) is 0 Å². The van der Waals surface area contributed by atoms with Crippen LogP contribution in [0.1, 0.15) is 12.8 Å². The number of morpholine rings is 1. The van der Waals surface area contributed by atoms with Gasteiger partial charge in [-0.3, -0.25) is 9.58 Å². The van der Waals surface area contributed by atoms with Gasteiger partial charge in [0, 0.05) is 7.05 Å². The molecule has 2 aliphatic heterocycles. The molecule has 4 heterocycles. The molecule has 0 aromatic carbocycles. The van der Waals surface area contributed by atoms with Gasteiger partial charge < -0.3 is 4.74 Å². The Morgan fingerprint density at radius 2 is 2.05 bits per heavy atom. The second kappa shape index (κ2) is 4.20. The van der Waals surface area contributed by atoms with E-state index in [2.05, 4.69) is 15.0 Å². The SMILES string of the molecule is Cn1c(=O)n(N2C3CCC2COC3)c2nc(Cl)ncc21. The number of ether oxygens (including phenoxy) is 1. The molecule has 0 saturated carbocycles. The van der Waals surface area contributed by atoms with Crippen LogP contribution in [0.2, 0.25) is 5.28 Å². The molecule has 4 rings (SSSR count). The van der Waals surface area contributed by atoms with Crippen molar-refractivity contribution in [1.29, 1.82) is 0 Å². The Kier molecular flexibility index (Phi) is 2.55. The van der Waals surface area contributed by atoms with Gasteiger partial charge in [-0.15, -0.1) is 0 Å². The van der Waals surface area contributed by atoms with Crippen LogP contribution in [-0.4, -0.2) is 44.5 Å². The van der Waals surface area contributed by atoms with Crippen molar-refractivity contribution in [2.45, 2.75) is 24.9 Å². The number of imidazole rings is 1. The summed E-state index contributed by atoms with van der Waals surface area (Å²) in [6.45, 7) is 1.30. The van der Waals surface area contributed by atoms with E-state index in [9.17, 15) is 4.79 Å². The van der Waals surface area contributed by atoms with Crippen LogP contribution in [0.15, 0.2) is 11.0 Å². The van der Waals surface area contributed by atoms with Crippen LogP contribution in [-0.2, 0) is 11.8 Å². The normalized spacial score (nSPS) is 25.6. The summed E-state index contributed by atoms with van der Waals surface area (Å²) in [4.78, 5) is 20.8. The first-order chi connectivity index (χ1) is 9.66. The molecule has 2 saturated heterocycles. The van der Waals surface area contributed by atoms with E-state index in [0.717, 1.165) is 12.8 Å². The van der Waals surface area contributed by atoms with Gasteiger partial charge in [0.25, 0.3) is 0 Å². The van der Waals surface area contributed by atoms with E-state index in [1.165, 1.54) is 0 Å². The van der Waals surface area contributed by atoms with Gasteiger partial charge in [0.2, 0.25) is 5.28 Å². The number of fused-ring (bicyclic) bond motifs is 3. The summed E-state index contributed by atoms with van der Waals surface area (Å²) >= 11 is 5.89. The average Bonchev–Trinajstić information content (AvgIpc) is 2.81. The van der Waals surface area contributed by atoms with Crippen LogP contribution < -0.4 is 10.7 Å². The summed E-state index contributed by atoms with van der Waals surface area (Å²) in [6.07, 6.45) is 3.66. The molecule has 0 N–H and O–H groups in total. The van der Waals surface area contributed by atoms with Crippen molar-refractivity contribution >= 4 is 22.8 Å². The Bertz CT molecular complexity index is 723. The van der Waals surface area contributed by atoms with E-state index < -0.39 is 0 Å².